The van der Waals surface area contributed by atoms with E-state index in [1.54, 1.807) is 11.4 Å². The maximum atomic E-state index is 11.4. The second kappa shape index (κ2) is 8.02. The number of hydrogen-bond acceptors (Lipinski definition) is 6. The Labute approximate surface area is 196 Å². The molecule has 1 aliphatic heterocycles. The summed E-state index contributed by atoms with van der Waals surface area (Å²) in [6, 6.07) is 12.3. The van der Waals surface area contributed by atoms with Crippen molar-refractivity contribution in [1.82, 2.24) is 39.5 Å². The molecule has 0 radical (unpaired) electrons. The fraction of sp³-hybridized carbons (Fsp3) is 0.280. The number of carbonyl (C=O) groups excluding carboxylic acids is 1. The van der Waals surface area contributed by atoms with Crippen molar-refractivity contribution in [2.75, 3.05) is 13.1 Å². The van der Waals surface area contributed by atoms with Gasteiger partial charge in [-0.05, 0) is 42.8 Å². The van der Waals surface area contributed by atoms with E-state index in [1.807, 2.05) is 47.1 Å². The maximum Gasteiger partial charge on any atom is 0.219 e. The van der Waals surface area contributed by atoms with Crippen molar-refractivity contribution < 1.29 is 4.79 Å². The molecule has 5 aromatic rings. The van der Waals surface area contributed by atoms with Gasteiger partial charge in [0.1, 0.15) is 0 Å². The first-order valence-corrected chi connectivity index (χ1v) is 11.4. The van der Waals surface area contributed by atoms with Crippen molar-refractivity contribution in [3.63, 3.8) is 0 Å². The zero-order chi connectivity index (χ0) is 23.2. The molecule has 5 heterocycles. The van der Waals surface area contributed by atoms with E-state index in [4.69, 9.17) is 0 Å². The average Bonchev–Trinajstić information content (AvgIpc) is 3.42. The van der Waals surface area contributed by atoms with Gasteiger partial charge in [0.15, 0.2) is 11.5 Å². The average molecular weight is 453 g/mol. The summed E-state index contributed by atoms with van der Waals surface area (Å²) < 4.78 is 3.77. The predicted molar refractivity (Wildman–Crippen MR) is 127 cm³/mol. The van der Waals surface area contributed by atoms with Gasteiger partial charge in [0, 0.05) is 67.8 Å². The third kappa shape index (κ3) is 3.79. The van der Waals surface area contributed by atoms with Crippen molar-refractivity contribution in [2.45, 2.75) is 26.8 Å². The molecule has 0 spiro atoms. The highest BCUT2D eigenvalue weighted by atomic mass is 16.2. The van der Waals surface area contributed by atoms with Crippen LogP contribution in [0.25, 0.3) is 27.7 Å². The lowest BCUT2D eigenvalue weighted by atomic mass is 10.0. The summed E-state index contributed by atoms with van der Waals surface area (Å²) >= 11 is 0. The van der Waals surface area contributed by atoms with Crippen LogP contribution < -0.4 is 0 Å². The number of hydrogen-bond donors (Lipinski definition) is 0. The van der Waals surface area contributed by atoms with Crippen molar-refractivity contribution >= 4 is 22.5 Å². The van der Waals surface area contributed by atoms with Gasteiger partial charge in [-0.1, -0.05) is 6.07 Å². The van der Waals surface area contributed by atoms with Crippen LogP contribution in [0.2, 0.25) is 0 Å². The lowest BCUT2D eigenvalue weighted by molar-refractivity contribution is -0.135. The van der Waals surface area contributed by atoms with E-state index in [0.29, 0.717) is 12.3 Å². The number of nitrogens with zero attached hydrogens (tertiary/aromatic N) is 8. The Bertz CT molecular complexity index is 1530. The van der Waals surface area contributed by atoms with Crippen molar-refractivity contribution in [3.8, 4) is 11.1 Å². The molecule has 1 saturated heterocycles. The molecular formula is C25H24N8O. The molecule has 4 aromatic heterocycles. The van der Waals surface area contributed by atoms with Gasteiger partial charge in [0.25, 0.3) is 0 Å². The quantitative estimate of drug-likeness (QED) is 0.407. The molecule has 1 fully saturated rings. The summed E-state index contributed by atoms with van der Waals surface area (Å²) in [5, 5.41) is 18.7. The van der Waals surface area contributed by atoms with Crippen LogP contribution in [-0.4, -0.2) is 58.5 Å². The lowest BCUT2D eigenvalue weighted by Crippen LogP contribution is -2.50. The van der Waals surface area contributed by atoms with Crippen LogP contribution in [0.5, 0.6) is 0 Å². The van der Waals surface area contributed by atoms with Crippen LogP contribution in [0.1, 0.15) is 24.0 Å². The molecule has 1 amide bonds. The predicted octanol–water partition coefficient (Wildman–Crippen LogP) is 2.91. The Kier molecular flexibility index (Phi) is 4.83. The van der Waals surface area contributed by atoms with Gasteiger partial charge in [-0.15, -0.1) is 10.2 Å². The van der Waals surface area contributed by atoms with Crippen LogP contribution in [0.3, 0.4) is 0 Å². The number of aryl methyl sites for hydroxylation is 1. The molecule has 6 rings (SSSR count). The van der Waals surface area contributed by atoms with Gasteiger partial charge in [0.05, 0.1) is 17.4 Å². The highest BCUT2D eigenvalue weighted by Gasteiger charge is 2.28. The van der Waals surface area contributed by atoms with Gasteiger partial charge >= 0.3 is 0 Å². The molecule has 0 atom stereocenters. The molecule has 34 heavy (non-hydrogen) atoms. The van der Waals surface area contributed by atoms with E-state index >= 15 is 0 Å². The van der Waals surface area contributed by atoms with E-state index in [0.717, 1.165) is 64.4 Å². The van der Waals surface area contributed by atoms with Crippen LogP contribution in [-0.2, 0) is 17.8 Å². The van der Waals surface area contributed by atoms with E-state index in [2.05, 4.69) is 49.8 Å². The molecule has 0 saturated carbocycles. The Morgan fingerprint density at radius 3 is 2.79 bits per heavy atom. The highest BCUT2D eigenvalue weighted by Crippen LogP contribution is 2.25. The lowest BCUT2D eigenvalue weighted by Gasteiger charge is -2.38. The maximum absolute atomic E-state index is 11.4. The Morgan fingerprint density at radius 2 is 1.94 bits per heavy atom. The number of pyridine rings is 1. The topological polar surface area (TPSA) is 94.1 Å². The third-order valence-corrected chi connectivity index (χ3v) is 6.38. The summed E-state index contributed by atoms with van der Waals surface area (Å²) in [5.41, 5.74) is 5.80. The third-order valence-electron chi connectivity index (χ3n) is 6.38. The normalized spacial score (nSPS) is 14.1. The first kappa shape index (κ1) is 20.5. The molecular weight excluding hydrogens is 428 g/mol. The van der Waals surface area contributed by atoms with Crippen LogP contribution >= 0.6 is 0 Å². The number of rotatable bonds is 5. The smallest absolute Gasteiger partial charge is 0.219 e. The van der Waals surface area contributed by atoms with Gasteiger partial charge in [0.2, 0.25) is 5.91 Å². The fourth-order valence-corrected chi connectivity index (χ4v) is 4.49. The summed E-state index contributed by atoms with van der Waals surface area (Å²) in [5.74, 6) is 1.41. The van der Waals surface area contributed by atoms with E-state index in [9.17, 15) is 4.79 Å². The van der Waals surface area contributed by atoms with Gasteiger partial charge in [-0.25, -0.2) is 0 Å². The summed E-state index contributed by atoms with van der Waals surface area (Å²) in [6.45, 7) is 6.01. The molecule has 9 nitrogen and oxygen atoms in total. The largest absolute Gasteiger partial charge is 0.342 e. The Hall–Kier alpha value is -4.14. The second-order valence-corrected chi connectivity index (χ2v) is 9.03. The molecule has 0 bridgehead atoms. The molecule has 0 unspecified atom stereocenters. The molecule has 1 aliphatic rings. The summed E-state index contributed by atoms with van der Waals surface area (Å²) in [7, 11) is 0. The summed E-state index contributed by atoms with van der Waals surface area (Å²) in [4.78, 5) is 17.9. The van der Waals surface area contributed by atoms with Crippen LogP contribution in [0.15, 0.2) is 55.0 Å². The number of aromatic nitrogens is 7. The standard InChI is InChI=1S/C25H24N8O/c1-16-3-6-24-28-29-25(33(24)30-16)8-18-4-5-23-20(7-18)9-21(10-26-23)22-11-27-32(15-22)14-19-12-31(13-19)17(2)34/h3-7,9-11,15,19H,8,12-14H2,1-2H3. The SMILES string of the molecule is CC(=O)N1CC(Cn2cc(-c3cnc4ccc(Cc5nnc6ccc(C)nn56)cc4c3)cn2)C1. The number of benzene rings is 1. The van der Waals surface area contributed by atoms with E-state index in [1.165, 1.54) is 0 Å². The first-order chi connectivity index (χ1) is 16.5. The van der Waals surface area contributed by atoms with Crippen molar-refractivity contribution in [1.29, 1.82) is 0 Å². The van der Waals surface area contributed by atoms with Gasteiger partial charge in [-0.3, -0.25) is 14.5 Å². The van der Waals surface area contributed by atoms with E-state index < -0.39 is 0 Å². The molecule has 1 aromatic carbocycles. The van der Waals surface area contributed by atoms with Crippen molar-refractivity contribution in [3.05, 3.63) is 72.1 Å². The first-order valence-electron chi connectivity index (χ1n) is 11.4. The minimum Gasteiger partial charge on any atom is -0.342 e. The number of likely N-dealkylation sites (tertiary alicyclic amines) is 1. The monoisotopic (exact) mass is 452 g/mol. The van der Waals surface area contributed by atoms with Gasteiger partial charge in [-0.2, -0.15) is 14.7 Å². The number of fused-ring (bicyclic) bond motifs is 2. The Balaban J connectivity index is 1.22. The summed E-state index contributed by atoms with van der Waals surface area (Å²) in [6.07, 6.45) is 6.46. The zero-order valence-electron chi connectivity index (χ0n) is 19.1. The minimum atomic E-state index is 0.141. The van der Waals surface area contributed by atoms with Crippen LogP contribution in [0.4, 0.5) is 0 Å². The molecule has 9 heteroatoms. The zero-order valence-corrected chi connectivity index (χ0v) is 19.1. The molecule has 0 N–H and O–H groups in total. The highest BCUT2D eigenvalue weighted by molar-refractivity contribution is 5.84. The molecule has 0 aliphatic carbocycles. The molecule has 170 valence electrons. The fourth-order valence-electron chi connectivity index (χ4n) is 4.49. The van der Waals surface area contributed by atoms with Crippen molar-refractivity contribution in [2.24, 2.45) is 5.92 Å². The number of amides is 1. The second-order valence-electron chi connectivity index (χ2n) is 9.03. The van der Waals surface area contributed by atoms with E-state index in [-0.39, 0.29) is 5.91 Å². The van der Waals surface area contributed by atoms with Gasteiger partial charge < -0.3 is 4.90 Å². The minimum absolute atomic E-state index is 0.141. The van der Waals surface area contributed by atoms with Crippen LogP contribution in [0, 0.1) is 12.8 Å². The number of carbonyl (C=O) groups is 1. The Morgan fingerprint density at radius 1 is 1.06 bits per heavy atom.